The molecule has 1 saturated heterocycles. The van der Waals surface area contributed by atoms with E-state index in [1.807, 2.05) is 6.92 Å². The van der Waals surface area contributed by atoms with E-state index in [1.54, 1.807) is 6.07 Å². The van der Waals surface area contributed by atoms with Crippen molar-refractivity contribution in [2.45, 2.75) is 51.6 Å². The summed E-state index contributed by atoms with van der Waals surface area (Å²) in [6.07, 6.45) is 1.41. The average Bonchev–Trinajstić information content (AvgIpc) is 3.34. The van der Waals surface area contributed by atoms with E-state index >= 15 is 0 Å². The highest BCUT2D eigenvalue weighted by atomic mass is 32.1. The van der Waals surface area contributed by atoms with Crippen LogP contribution in [0.2, 0.25) is 0 Å². The van der Waals surface area contributed by atoms with E-state index in [2.05, 4.69) is 17.6 Å². The molecule has 2 heterocycles. The molecule has 11 heteroatoms. The maximum Gasteiger partial charge on any atom is 0.257 e. The second-order valence-corrected chi connectivity index (χ2v) is 13.1. The number of hydrogen-bond donors (Lipinski definition) is 5. The fourth-order valence-corrected chi connectivity index (χ4v) is 8.11. The number of benzene rings is 1. The molecule has 5 rings (SSSR count). The van der Waals surface area contributed by atoms with E-state index in [-0.39, 0.29) is 41.7 Å². The number of fused-ring (bicyclic) bond motifs is 2. The number of rotatable bonds is 8. The molecule has 0 bridgehead atoms. The third kappa shape index (κ3) is 5.67. The first-order chi connectivity index (χ1) is 19.1. The van der Waals surface area contributed by atoms with Gasteiger partial charge >= 0.3 is 0 Å². The van der Waals surface area contributed by atoms with Gasteiger partial charge in [0, 0.05) is 28.2 Å². The Morgan fingerprint density at radius 2 is 2.05 bits per heavy atom. The Labute approximate surface area is 238 Å². The summed E-state index contributed by atoms with van der Waals surface area (Å²) in [5.41, 5.74) is -0.116. The van der Waals surface area contributed by atoms with E-state index in [1.165, 1.54) is 34.4 Å². The quantitative estimate of drug-likeness (QED) is 0.324. The third-order valence-electron chi connectivity index (χ3n) is 9.59. The molecule has 0 radical (unpaired) electrons. The van der Waals surface area contributed by atoms with Crippen LogP contribution >= 0.6 is 11.3 Å². The molecule has 2 fully saturated rings. The molecule has 5 atom stereocenters. The van der Waals surface area contributed by atoms with Gasteiger partial charge in [-0.2, -0.15) is 0 Å². The van der Waals surface area contributed by atoms with E-state index in [0.29, 0.717) is 30.9 Å². The van der Waals surface area contributed by atoms with Crippen molar-refractivity contribution in [3.8, 4) is 0 Å². The SMILES string of the molecule is C[C@]1(CO)[C@H]2Cc3sc(NC(=O)c4cccc(F)c4)nc3[C@@H](CC(=O)NCC[NH+]3CCOCC3)[C@]2(C)CC[C@H]1O. The number of anilines is 1. The number of aliphatic hydroxyl groups excluding tert-OH is 2. The lowest BCUT2D eigenvalue weighted by Gasteiger charge is -2.58. The lowest BCUT2D eigenvalue weighted by Crippen LogP contribution is -3.14. The van der Waals surface area contributed by atoms with Gasteiger partial charge in [0.15, 0.2) is 5.13 Å². The van der Waals surface area contributed by atoms with Crippen molar-refractivity contribution < 1.29 is 33.8 Å². The lowest BCUT2D eigenvalue weighted by molar-refractivity contribution is -0.906. The Balaban J connectivity index is 1.39. The molecule has 2 aromatic rings. The molecule has 0 unspecified atom stereocenters. The molecule has 1 aliphatic heterocycles. The number of thiazole rings is 1. The second kappa shape index (κ2) is 11.8. The zero-order valence-corrected chi connectivity index (χ0v) is 24.0. The Kier molecular flexibility index (Phi) is 8.58. The number of hydrogen-bond acceptors (Lipinski definition) is 7. The van der Waals surface area contributed by atoms with Gasteiger partial charge in [0.1, 0.15) is 18.9 Å². The molecule has 2 amide bonds. The van der Waals surface area contributed by atoms with Gasteiger partial charge in [-0.15, -0.1) is 11.3 Å². The van der Waals surface area contributed by atoms with Gasteiger partial charge in [0.25, 0.3) is 5.91 Å². The largest absolute Gasteiger partial charge is 0.396 e. The van der Waals surface area contributed by atoms with Crippen LogP contribution in [0.4, 0.5) is 9.52 Å². The second-order valence-electron chi connectivity index (χ2n) is 12.0. The molecular weight excluding hydrogens is 535 g/mol. The van der Waals surface area contributed by atoms with Crippen molar-refractivity contribution in [3.05, 3.63) is 46.2 Å². The standard InChI is InChI=1S/C29H39FN4O5S/c1-28-7-6-23(36)29(2,17-35)22(28)16-21-25(20(28)15-24(37)31-8-9-34-10-12-39-13-11-34)32-27(40-21)33-26(38)18-4-3-5-19(30)14-18/h3-5,14,20,22-23,35-36H,6-13,15-17H2,1-2H3,(H,31,37)(H,32,33,38)/p+1/t20-,22+,23-,28+,29+/m1/s1. The number of carbonyl (C=O) groups excluding carboxylic acids is 2. The van der Waals surface area contributed by atoms with Crippen molar-refractivity contribution in [1.29, 1.82) is 0 Å². The van der Waals surface area contributed by atoms with Crippen LogP contribution in [-0.4, -0.2) is 79.1 Å². The van der Waals surface area contributed by atoms with Crippen molar-refractivity contribution in [2.75, 3.05) is 51.3 Å². The Bertz CT molecular complexity index is 1240. The van der Waals surface area contributed by atoms with Gasteiger partial charge in [0.2, 0.25) is 5.91 Å². The summed E-state index contributed by atoms with van der Waals surface area (Å²) in [5, 5.41) is 27.7. The van der Waals surface area contributed by atoms with Gasteiger partial charge in [-0.1, -0.05) is 19.9 Å². The van der Waals surface area contributed by atoms with Crippen LogP contribution in [0.15, 0.2) is 24.3 Å². The predicted molar refractivity (Wildman–Crippen MR) is 149 cm³/mol. The molecule has 1 aromatic heterocycles. The van der Waals surface area contributed by atoms with Crippen molar-refractivity contribution in [1.82, 2.24) is 10.3 Å². The normalized spacial score (nSPS) is 30.3. The van der Waals surface area contributed by atoms with Gasteiger partial charge in [-0.25, -0.2) is 9.37 Å². The number of aromatic nitrogens is 1. The minimum atomic E-state index is -0.728. The number of morpholine rings is 1. The average molecular weight is 576 g/mol. The zero-order valence-electron chi connectivity index (χ0n) is 23.2. The topological polar surface area (TPSA) is 125 Å². The molecule has 2 aliphatic carbocycles. The highest BCUT2D eigenvalue weighted by Crippen LogP contribution is 2.62. The zero-order chi connectivity index (χ0) is 28.5. The number of quaternary nitrogens is 1. The number of halogens is 1. The van der Waals surface area contributed by atoms with Crippen LogP contribution in [0.3, 0.4) is 0 Å². The van der Waals surface area contributed by atoms with E-state index in [0.717, 1.165) is 43.4 Å². The van der Waals surface area contributed by atoms with Gasteiger partial charge in [0.05, 0.1) is 44.7 Å². The van der Waals surface area contributed by atoms with Crippen molar-refractivity contribution >= 4 is 28.3 Å². The smallest absolute Gasteiger partial charge is 0.257 e. The Morgan fingerprint density at radius 3 is 2.77 bits per heavy atom. The van der Waals surface area contributed by atoms with Crippen LogP contribution < -0.4 is 15.5 Å². The summed E-state index contributed by atoms with van der Waals surface area (Å²) in [6.45, 7) is 8.70. The van der Waals surface area contributed by atoms with Crippen LogP contribution in [0.1, 0.15) is 60.0 Å². The number of carbonyl (C=O) groups is 2. The molecule has 1 saturated carbocycles. The first-order valence-electron chi connectivity index (χ1n) is 14.2. The lowest BCUT2D eigenvalue weighted by atomic mass is 9.47. The van der Waals surface area contributed by atoms with Crippen LogP contribution in [-0.2, 0) is 16.0 Å². The number of nitrogens with zero attached hydrogens (tertiary/aromatic N) is 1. The maximum atomic E-state index is 13.7. The van der Waals surface area contributed by atoms with Gasteiger partial charge < -0.3 is 25.2 Å². The molecule has 5 N–H and O–H groups in total. The summed E-state index contributed by atoms with van der Waals surface area (Å²) in [4.78, 5) is 33.3. The summed E-state index contributed by atoms with van der Waals surface area (Å²) in [5.74, 6) is -1.33. The summed E-state index contributed by atoms with van der Waals surface area (Å²) in [7, 11) is 0. The number of ether oxygens (including phenoxy) is 1. The van der Waals surface area contributed by atoms with E-state index in [4.69, 9.17) is 9.72 Å². The van der Waals surface area contributed by atoms with Crippen LogP contribution in [0.5, 0.6) is 0 Å². The van der Waals surface area contributed by atoms with E-state index < -0.39 is 23.2 Å². The molecular formula is C29H40FN4O5S+. The minimum absolute atomic E-state index is 0.0549. The highest BCUT2D eigenvalue weighted by Gasteiger charge is 2.59. The van der Waals surface area contributed by atoms with Crippen LogP contribution in [0, 0.1) is 22.6 Å². The maximum absolute atomic E-state index is 13.7. The summed E-state index contributed by atoms with van der Waals surface area (Å²) >= 11 is 1.35. The first kappa shape index (κ1) is 29.1. The minimum Gasteiger partial charge on any atom is -0.396 e. The first-order valence-corrected chi connectivity index (χ1v) is 15.0. The fraction of sp³-hybridized carbons (Fsp3) is 0.621. The molecule has 1 aromatic carbocycles. The van der Waals surface area contributed by atoms with Crippen LogP contribution in [0.25, 0.3) is 0 Å². The fourth-order valence-electron chi connectivity index (χ4n) is 7.04. The van der Waals surface area contributed by atoms with Crippen molar-refractivity contribution in [2.24, 2.45) is 16.7 Å². The monoisotopic (exact) mass is 575 g/mol. The third-order valence-corrected chi connectivity index (χ3v) is 10.6. The number of amides is 2. The van der Waals surface area contributed by atoms with Gasteiger partial charge in [-0.05, 0) is 48.8 Å². The Hall–Kier alpha value is -2.44. The molecule has 3 aliphatic rings. The highest BCUT2D eigenvalue weighted by molar-refractivity contribution is 7.15. The molecule has 218 valence electrons. The van der Waals surface area contributed by atoms with Crippen molar-refractivity contribution in [3.63, 3.8) is 0 Å². The van der Waals surface area contributed by atoms with E-state index in [9.17, 15) is 24.2 Å². The number of nitrogens with one attached hydrogen (secondary N) is 3. The molecule has 9 nitrogen and oxygen atoms in total. The predicted octanol–water partition coefficient (Wildman–Crippen LogP) is 1.37. The summed E-state index contributed by atoms with van der Waals surface area (Å²) < 4.78 is 19.1. The number of aliphatic hydroxyl groups is 2. The molecule has 40 heavy (non-hydrogen) atoms. The van der Waals surface area contributed by atoms with Gasteiger partial charge in [-0.3, -0.25) is 14.9 Å². The molecule has 0 spiro atoms. The summed E-state index contributed by atoms with van der Waals surface area (Å²) in [6, 6.07) is 5.49. The Morgan fingerprint density at radius 1 is 1.27 bits per heavy atom.